The van der Waals surface area contributed by atoms with Gasteiger partial charge in [-0.3, -0.25) is 9.59 Å². The number of aliphatic hydroxyl groups is 4. The molecule has 1 heterocycles. The maximum atomic E-state index is 13.0. The van der Waals surface area contributed by atoms with Crippen molar-refractivity contribution in [2.45, 2.75) is 37.6 Å². The molecule has 2 aromatic rings. The number of aromatic hydroxyl groups is 2. The molecule has 1 aliphatic heterocycles. The van der Waals surface area contributed by atoms with Crippen molar-refractivity contribution < 1.29 is 49.7 Å². The molecule has 164 valence electrons. The highest BCUT2D eigenvalue weighted by molar-refractivity contribution is 6.29. The average Bonchev–Trinajstić information content (AvgIpc) is 2.75. The lowest BCUT2D eigenvalue weighted by Crippen LogP contribution is -2.60. The van der Waals surface area contributed by atoms with E-state index in [1.807, 2.05) is 0 Å². The molecule has 4 rings (SSSR count). The summed E-state index contributed by atoms with van der Waals surface area (Å²) in [7, 11) is 0. The van der Waals surface area contributed by atoms with Gasteiger partial charge in [0.2, 0.25) is 6.29 Å². The van der Waals surface area contributed by atoms with E-state index in [0.717, 1.165) is 6.07 Å². The summed E-state index contributed by atoms with van der Waals surface area (Å²) in [5.41, 5.74) is -0.334. The highest BCUT2D eigenvalue weighted by Gasteiger charge is 2.45. The van der Waals surface area contributed by atoms with Gasteiger partial charge in [-0.15, -0.1) is 0 Å². The van der Waals surface area contributed by atoms with E-state index < -0.39 is 54.6 Å². The van der Waals surface area contributed by atoms with Crippen molar-refractivity contribution in [3.63, 3.8) is 0 Å². The number of ether oxygens (including phenoxy) is 2. The lowest BCUT2D eigenvalue weighted by Gasteiger charge is -2.39. The molecular weight excluding hydrogens is 412 g/mol. The highest BCUT2D eigenvalue weighted by atomic mass is 16.7. The second-order valence-corrected chi connectivity index (χ2v) is 7.47. The lowest BCUT2D eigenvalue weighted by atomic mass is 9.82. The molecule has 0 spiro atoms. The van der Waals surface area contributed by atoms with Crippen LogP contribution in [0.3, 0.4) is 0 Å². The van der Waals surface area contributed by atoms with Gasteiger partial charge in [-0.1, -0.05) is 0 Å². The Morgan fingerprint density at radius 3 is 2.32 bits per heavy atom. The predicted octanol–water partition coefficient (Wildman–Crippen LogP) is -0.640. The van der Waals surface area contributed by atoms with Gasteiger partial charge >= 0.3 is 0 Å². The molecule has 2 aliphatic rings. The lowest BCUT2D eigenvalue weighted by molar-refractivity contribution is -0.277. The number of rotatable bonds is 3. The summed E-state index contributed by atoms with van der Waals surface area (Å²) in [5, 5.41) is 59.6. The van der Waals surface area contributed by atoms with Crippen molar-refractivity contribution in [1.29, 1.82) is 0 Å². The fraction of sp³-hybridized carbons (Fsp3) is 0.333. The van der Waals surface area contributed by atoms with Crippen molar-refractivity contribution in [2.24, 2.45) is 0 Å². The van der Waals surface area contributed by atoms with E-state index in [2.05, 4.69) is 0 Å². The first-order valence-corrected chi connectivity index (χ1v) is 9.41. The first-order chi connectivity index (χ1) is 14.6. The zero-order chi connectivity index (χ0) is 22.6. The molecule has 1 aliphatic carbocycles. The number of aliphatic hydroxyl groups excluding tert-OH is 4. The van der Waals surface area contributed by atoms with E-state index in [4.69, 9.17) is 9.47 Å². The van der Waals surface area contributed by atoms with Crippen LogP contribution in [0.15, 0.2) is 24.3 Å². The summed E-state index contributed by atoms with van der Waals surface area (Å²) in [6.07, 6.45) is -7.72. The van der Waals surface area contributed by atoms with Crippen LogP contribution in [0.1, 0.15) is 37.4 Å². The van der Waals surface area contributed by atoms with E-state index in [9.17, 15) is 40.2 Å². The Morgan fingerprint density at radius 2 is 1.65 bits per heavy atom. The number of hydrogen-bond donors (Lipinski definition) is 6. The zero-order valence-electron chi connectivity index (χ0n) is 16.2. The topological polar surface area (TPSA) is 174 Å². The van der Waals surface area contributed by atoms with E-state index in [-0.39, 0.29) is 39.3 Å². The molecule has 10 heteroatoms. The maximum absolute atomic E-state index is 13.0. The average molecular weight is 432 g/mol. The van der Waals surface area contributed by atoms with Crippen LogP contribution >= 0.6 is 0 Å². The Labute approximate surface area is 175 Å². The van der Waals surface area contributed by atoms with Crippen LogP contribution in [0, 0.1) is 6.92 Å². The summed E-state index contributed by atoms with van der Waals surface area (Å²) in [5.74, 6) is -2.07. The molecule has 0 saturated carbocycles. The quantitative estimate of drug-likeness (QED) is 0.312. The van der Waals surface area contributed by atoms with E-state index in [1.165, 1.54) is 25.1 Å². The molecule has 0 aromatic heterocycles. The third-order valence-electron chi connectivity index (χ3n) is 5.56. The van der Waals surface area contributed by atoms with Crippen LogP contribution < -0.4 is 4.74 Å². The smallest absolute Gasteiger partial charge is 0.229 e. The fourth-order valence-corrected chi connectivity index (χ4v) is 3.76. The predicted molar refractivity (Wildman–Crippen MR) is 102 cm³/mol. The second kappa shape index (κ2) is 7.59. The number of carbonyl (C=O) groups excluding carboxylic acids is 2. The van der Waals surface area contributed by atoms with Crippen molar-refractivity contribution >= 4 is 11.6 Å². The molecule has 2 aromatic carbocycles. The monoisotopic (exact) mass is 432 g/mol. The number of carbonyl (C=O) groups is 2. The number of fused-ring (bicyclic) bond motifs is 2. The van der Waals surface area contributed by atoms with Gasteiger partial charge in [-0.25, -0.2) is 0 Å². The van der Waals surface area contributed by atoms with Gasteiger partial charge in [0.05, 0.1) is 12.2 Å². The molecular formula is C21H20O10. The molecule has 5 atom stereocenters. The third-order valence-corrected chi connectivity index (χ3v) is 5.56. The van der Waals surface area contributed by atoms with E-state index in [0.29, 0.717) is 0 Å². The number of hydrogen-bond acceptors (Lipinski definition) is 10. The fourth-order valence-electron chi connectivity index (χ4n) is 3.76. The number of benzene rings is 2. The zero-order valence-corrected chi connectivity index (χ0v) is 16.2. The Morgan fingerprint density at radius 1 is 0.935 bits per heavy atom. The summed E-state index contributed by atoms with van der Waals surface area (Å²) >= 11 is 0. The molecule has 0 amide bonds. The summed E-state index contributed by atoms with van der Waals surface area (Å²) in [6.45, 7) is 0.755. The highest BCUT2D eigenvalue weighted by Crippen LogP contribution is 2.41. The minimum atomic E-state index is -1.70. The summed E-state index contributed by atoms with van der Waals surface area (Å²) in [6, 6.07) is 4.89. The minimum Gasteiger partial charge on any atom is -0.508 e. The van der Waals surface area contributed by atoms with Crippen molar-refractivity contribution in [1.82, 2.24) is 0 Å². The van der Waals surface area contributed by atoms with Gasteiger partial charge in [0.15, 0.2) is 11.6 Å². The van der Waals surface area contributed by atoms with E-state index >= 15 is 0 Å². The molecule has 1 saturated heterocycles. The Kier molecular flexibility index (Phi) is 5.20. The third kappa shape index (κ3) is 3.25. The molecule has 10 nitrogen and oxygen atoms in total. The summed E-state index contributed by atoms with van der Waals surface area (Å²) < 4.78 is 10.9. The van der Waals surface area contributed by atoms with Gasteiger partial charge < -0.3 is 40.1 Å². The SMILES string of the molecule is Cc1c(OC2OC(CO)C(O)C(O)C2O)cc2c(c1O)C(=O)c1ccc(O)cc1C2=O. The van der Waals surface area contributed by atoms with Gasteiger partial charge in [-0.05, 0) is 31.2 Å². The Balaban J connectivity index is 1.75. The number of ketones is 2. The first kappa shape index (κ1) is 21.2. The van der Waals surface area contributed by atoms with Gasteiger partial charge in [-0.2, -0.15) is 0 Å². The summed E-state index contributed by atoms with van der Waals surface area (Å²) in [4.78, 5) is 25.8. The number of phenols is 2. The van der Waals surface area contributed by atoms with Crippen LogP contribution in [-0.2, 0) is 4.74 Å². The first-order valence-electron chi connectivity index (χ1n) is 9.41. The largest absolute Gasteiger partial charge is 0.508 e. The Bertz CT molecular complexity index is 1080. The van der Waals surface area contributed by atoms with Crippen molar-refractivity contribution in [3.05, 3.63) is 52.1 Å². The Hall–Kier alpha value is -3.02. The van der Waals surface area contributed by atoms with Gasteiger partial charge in [0.1, 0.15) is 41.7 Å². The van der Waals surface area contributed by atoms with Crippen LogP contribution in [-0.4, -0.2) is 79.5 Å². The maximum Gasteiger partial charge on any atom is 0.229 e. The molecule has 1 fully saturated rings. The number of phenolic OH excluding ortho intramolecular Hbond substituents is 2. The van der Waals surface area contributed by atoms with Crippen molar-refractivity contribution in [3.8, 4) is 17.2 Å². The molecule has 0 radical (unpaired) electrons. The van der Waals surface area contributed by atoms with Gasteiger partial charge in [0.25, 0.3) is 0 Å². The van der Waals surface area contributed by atoms with Crippen molar-refractivity contribution in [2.75, 3.05) is 6.61 Å². The minimum absolute atomic E-state index is 0.0348. The van der Waals surface area contributed by atoms with E-state index in [1.54, 1.807) is 0 Å². The second-order valence-electron chi connectivity index (χ2n) is 7.47. The van der Waals surface area contributed by atoms with Crippen LogP contribution in [0.25, 0.3) is 0 Å². The van der Waals surface area contributed by atoms with Crippen LogP contribution in [0.5, 0.6) is 17.2 Å². The molecule has 5 unspecified atom stereocenters. The molecule has 0 bridgehead atoms. The molecule has 31 heavy (non-hydrogen) atoms. The van der Waals surface area contributed by atoms with Gasteiger partial charge in [0, 0.05) is 22.3 Å². The van der Waals surface area contributed by atoms with Crippen LogP contribution in [0.2, 0.25) is 0 Å². The van der Waals surface area contributed by atoms with Crippen LogP contribution in [0.4, 0.5) is 0 Å². The molecule has 6 N–H and O–H groups in total. The standard InChI is InChI=1S/C21H20O10/c1-7-12(30-21-20(29)19(28)18(27)13(6-22)31-21)5-11-14(15(7)24)17(26)9-3-2-8(23)4-10(9)16(11)25/h2-5,13,18-24,27-29H,6H2,1H3. The normalized spacial score (nSPS) is 27.6.